The summed E-state index contributed by atoms with van der Waals surface area (Å²) in [6.07, 6.45) is 0. The van der Waals surface area contributed by atoms with Crippen molar-refractivity contribution in [1.29, 1.82) is 0 Å². The van der Waals surface area contributed by atoms with Crippen molar-refractivity contribution in [2.75, 3.05) is 13.3 Å². The van der Waals surface area contributed by atoms with Gasteiger partial charge in [0.2, 0.25) is 18.6 Å². The first kappa shape index (κ1) is 20.7. The highest BCUT2D eigenvalue weighted by molar-refractivity contribution is 5.89. The summed E-state index contributed by atoms with van der Waals surface area (Å²) in [6.45, 7) is 7.46. The van der Waals surface area contributed by atoms with Gasteiger partial charge in [0.15, 0.2) is 11.5 Å². The van der Waals surface area contributed by atoms with Crippen LogP contribution in [0.3, 0.4) is 0 Å². The molecule has 0 fully saturated rings. The third-order valence-electron chi connectivity index (χ3n) is 4.39. The molecule has 2 amide bonds. The van der Waals surface area contributed by atoms with Gasteiger partial charge in [0.1, 0.15) is 17.6 Å². The van der Waals surface area contributed by atoms with Crippen molar-refractivity contribution in [3.05, 3.63) is 47.4 Å². The third-order valence-corrected chi connectivity index (χ3v) is 4.39. The number of nitrogens with one attached hydrogen (secondary N) is 1. The van der Waals surface area contributed by atoms with Crippen LogP contribution >= 0.6 is 0 Å². The van der Waals surface area contributed by atoms with Gasteiger partial charge in [-0.05, 0) is 57.5 Å². The van der Waals surface area contributed by atoms with Crippen molar-refractivity contribution < 1.29 is 23.5 Å². The molecular weight excluding hydrogens is 374 g/mol. The van der Waals surface area contributed by atoms with Crippen LogP contribution < -0.4 is 20.5 Å². The first-order valence-corrected chi connectivity index (χ1v) is 9.44. The maximum atomic E-state index is 13.3. The Hall–Kier alpha value is -3.00. The van der Waals surface area contributed by atoms with Gasteiger partial charge in [0.05, 0.1) is 13.1 Å². The smallest absolute Gasteiger partial charge is 0.247 e. The van der Waals surface area contributed by atoms with E-state index in [4.69, 9.17) is 19.6 Å². The molecule has 1 aromatic heterocycles. The molecule has 8 nitrogen and oxygen atoms in total. The fourth-order valence-corrected chi connectivity index (χ4v) is 3.17. The first-order chi connectivity index (χ1) is 13.7. The molecule has 0 radical (unpaired) electrons. The van der Waals surface area contributed by atoms with Gasteiger partial charge >= 0.3 is 0 Å². The average Bonchev–Trinajstić information content (AvgIpc) is 3.27. The number of rotatable bonds is 6. The maximum absolute atomic E-state index is 13.3. The summed E-state index contributed by atoms with van der Waals surface area (Å²) < 4.78 is 16.5. The lowest BCUT2D eigenvalue weighted by Gasteiger charge is -2.33. The molecule has 0 spiro atoms. The second-order valence-electron chi connectivity index (χ2n) is 7.99. The van der Waals surface area contributed by atoms with E-state index in [-0.39, 0.29) is 31.7 Å². The van der Waals surface area contributed by atoms with Crippen molar-refractivity contribution >= 4 is 11.8 Å². The van der Waals surface area contributed by atoms with Crippen LogP contribution in [0.15, 0.2) is 34.7 Å². The summed E-state index contributed by atoms with van der Waals surface area (Å²) >= 11 is 0. The van der Waals surface area contributed by atoms with E-state index in [1.54, 1.807) is 24.3 Å². The summed E-state index contributed by atoms with van der Waals surface area (Å²) in [4.78, 5) is 27.5. The molecule has 2 heterocycles. The van der Waals surface area contributed by atoms with Gasteiger partial charge in [-0.2, -0.15) is 0 Å². The molecule has 1 unspecified atom stereocenters. The van der Waals surface area contributed by atoms with Gasteiger partial charge in [-0.15, -0.1) is 0 Å². The minimum Gasteiger partial charge on any atom is -0.464 e. The normalized spacial score (nSPS) is 13.8. The molecule has 0 bridgehead atoms. The number of amides is 2. The minimum atomic E-state index is -0.912. The lowest BCUT2D eigenvalue weighted by atomic mass is 10.0. The molecular formula is C21H27N3O5. The molecule has 8 heteroatoms. The number of benzene rings is 1. The molecule has 3 rings (SSSR count). The molecule has 0 saturated heterocycles. The Kier molecular flexibility index (Phi) is 5.83. The number of hydrogen-bond acceptors (Lipinski definition) is 6. The largest absolute Gasteiger partial charge is 0.464 e. The number of fused-ring (bicyclic) bond motifs is 1. The fourth-order valence-electron chi connectivity index (χ4n) is 3.17. The van der Waals surface area contributed by atoms with E-state index in [0.717, 1.165) is 5.76 Å². The highest BCUT2D eigenvalue weighted by atomic mass is 16.7. The van der Waals surface area contributed by atoms with Crippen molar-refractivity contribution in [1.82, 2.24) is 10.2 Å². The van der Waals surface area contributed by atoms with Gasteiger partial charge in [-0.3, -0.25) is 9.59 Å². The molecule has 2 aromatic rings. The molecule has 1 aliphatic heterocycles. The quantitative estimate of drug-likeness (QED) is 0.769. The number of furan rings is 1. The zero-order valence-electron chi connectivity index (χ0n) is 17.2. The Bertz CT molecular complexity index is 900. The summed E-state index contributed by atoms with van der Waals surface area (Å²) in [5.41, 5.74) is 5.78. The van der Waals surface area contributed by atoms with Crippen LogP contribution in [0.2, 0.25) is 0 Å². The van der Waals surface area contributed by atoms with E-state index in [1.165, 1.54) is 4.90 Å². The third kappa shape index (κ3) is 4.89. The Morgan fingerprint density at radius 3 is 2.52 bits per heavy atom. The Morgan fingerprint density at radius 1 is 1.17 bits per heavy atom. The van der Waals surface area contributed by atoms with Gasteiger partial charge < -0.3 is 29.8 Å². The number of ether oxygens (including phenoxy) is 2. The lowest BCUT2D eigenvalue weighted by molar-refractivity contribution is -0.141. The van der Waals surface area contributed by atoms with Crippen molar-refractivity contribution in [3.63, 3.8) is 0 Å². The molecule has 1 aromatic carbocycles. The number of nitrogens with zero attached hydrogens (tertiary/aromatic N) is 1. The number of carbonyl (C=O) groups excluding carboxylic acids is 2. The predicted octanol–water partition coefficient (Wildman–Crippen LogP) is 2.26. The summed E-state index contributed by atoms with van der Waals surface area (Å²) in [5.74, 6) is 1.73. The molecule has 1 atom stereocenters. The summed E-state index contributed by atoms with van der Waals surface area (Å²) in [7, 11) is 0. The first-order valence-electron chi connectivity index (χ1n) is 9.44. The number of aryl methyl sites for hydroxylation is 1. The highest BCUT2D eigenvalue weighted by Crippen LogP contribution is 2.36. The molecule has 1 aliphatic rings. The van der Waals surface area contributed by atoms with Crippen LogP contribution in [0.5, 0.6) is 11.5 Å². The van der Waals surface area contributed by atoms with E-state index in [9.17, 15) is 9.59 Å². The Labute approximate surface area is 169 Å². The van der Waals surface area contributed by atoms with E-state index in [0.29, 0.717) is 22.8 Å². The monoisotopic (exact) mass is 401 g/mol. The van der Waals surface area contributed by atoms with E-state index >= 15 is 0 Å². The predicted molar refractivity (Wildman–Crippen MR) is 106 cm³/mol. The number of carbonyl (C=O) groups is 2. The Morgan fingerprint density at radius 2 is 1.90 bits per heavy atom. The van der Waals surface area contributed by atoms with E-state index in [1.807, 2.05) is 33.8 Å². The van der Waals surface area contributed by atoms with Crippen LogP contribution in [-0.2, 0) is 16.1 Å². The molecule has 156 valence electrons. The molecule has 0 saturated carbocycles. The van der Waals surface area contributed by atoms with Gasteiger partial charge in [-0.1, -0.05) is 6.07 Å². The van der Waals surface area contributed by atoms with Crippen LogP contribution in [0.4, 0.5) is 0 Å². The topological polar surface area (TPSA) is 107 Å². The number of hydrogen-bond donors (Lipinski definition) is 2. The van der Waals surface area contributed by atoms with Crippen molar-refractivity contribution in [3.8, 4) is 11.5 Å². The average molecular weight is 401 g/mol. The van der Waals surface area contributed by atoms with E-state index < -0.39 is 11.6 Å². The molecule has 29 heavy (non-hydrogen) atoms. The molecule has 0 aliphatic carbocycles. The van der Waals surface area contributed by atoms with Crippen LogP contribution in [0.1, 0.15) is 43.9 Å². The Balaban J connectivity index is 2.02. The van der Waals surface area contributed by atoms with Gasteiger partial charge in [0, 0.05) is 5.54 Å². The fraction of sp³-hybridized carbons (Fsp3) is 0.429. The zero-order valence-corrected chi connectivity index (χ0v) is 17.2. The van der Waals surface area contributed by atoms with Gasteiger partial charge in [-0.25, -0.2) is 0 Å². The highest BCUT2D eigenvalue weighted by Gasteiger charge is 2.34. The van der Waals surface area contributed by atoms with Crippen molar-refractivity contribution in [2.24, 2.45) is 5.73 Å². The number of nitrogens with two attached hydrogens (primary N) is 1. The van der Waals surface area contributed by atoms with Crippen molar-refractivity contribution in [2.45, 2.75) is 45.8 Å². The standard InChI is InChI=1S/C21H27N3O5/c1-13-5-7-15(29-13)11-24(18(25)10-22)19(20(26)23-21(2,3)4)14-6-8-16-17(9-14)28-12-27-16/h5-9,19H,10-12,22H2,1-4H3,(H,23,26). The minimum absolute atomic E-state index is 0.112. The second-order valence-corrected chi connectivity index (χ2v) is 7.99. The molecule has 3 N–H and O–H groups in total. The van der Waals surface area contributed by atoms with Crippen LogP contribution in [0.25, 0.3) is 0 Å². The lowest BCUT2D eigenvalue weighted by Crippen LogP contribution is -2.50. The van der Waals surface area contributed by atoms with Crippen LogP contribution in [0, 0.1) is 6.92 Å². The SMILES string of the molecule is Cc1ccc(CN(C(=O)CN)C(C(=O)NC(C)(C)C)c2ccc3c(c2)OCO3)o1. The van der Waals surface area contributed by atoms with E-state index in [2.05, 4.69) is 5.32 Å². The maximum Gasteiger partial charge on any atom is 0.247 e. The summed E-state index contributed by atoms with van der Waals surface area (Å²) in [6, 6.07) is 7.89. The van der Waals surface area contributed by atoms with Crippen LogP contribution in [-0.4, -0.2) is 35.6 Å². The second kappa shape index (κ2) is 8.16. The zero-order chi connectivity index (χ0) is 21.2. The summed E-state index contributed by atoms with van der Waals surface area (Å²) in [5, 5.41) is 2.96. The van der Waals surface area contributed by atoms with Gasteiger partial charge in [0.25, 0.3) is 0 Å².